The van der Waals surface area contributed by atoms with Crippen molar-refractivity contribution in [3.63, 3.8) is 0 Å². The number of rotatable bonds is 3. The van der Waals surface area contributed by atoms with Crippen molar-refractivity contribution in [1.82, 2.24) is 5.32 Å². The van der Waals surface area contributed by atoms with Gasteiger partial charge in [0.2, 0.25) is 0 Å². The second-order valence-electron chi connectivity index (χ2n) is 5.28. The van der Waals surface area contributed by atoms with Crippen LogP contribution in [0.3, 0.4) is 0 Å². The van der Waals surface area contributed by atoms with Crippen LogP contribution in [0.25, 0.3) is 5.76 Å². The molecule has 0 aromatic heterocycles. The number of hydrogen-bond donors (Lipinski definition) is 2. The molecule has 0 spiro atoms. The van der Waals surface area contributed by atoms with Crippen molar-refractivity contribution in [2.24, 2.45) is 0 Å². The first kappa shape index (κ1) is 16.1. The van der Waals surface area contributed by atoms with E-state index in [1.807, 2.05) is 0 Å². The summed E-state index contributed by atoms with van der Waals surface area (Å²) in [5.41, 5.74) is 1.11. The number of nitrogens with one attached hydrogen (secondary N) is 1. The quantitative estimate of drug-likeness (QED) is 0.510. The summed E-state index contributed by atoms with van der Waals surface area (Å²) in [5, 5.41) is 13.6. The molecular weight excluding hydrogens is 330 g/mol. The first-order chi connectivity index (χ1) is 11.5. The number of ketones is 1. The second-order valence-corrected chi connectivity index (χ2v) is 5.71. The van der Waals surface area contributed by atoms with Crippen molar-refractivity contribution in [3.8, 4) is 5.75 Å². The Balaban J connectivity index is 2.07. The van der Waals surface area contributed by atoms with Gasteiger partial charge in [-0.2, -0.15) is 0 Å². The SMILES string of the molecule is COc1ccc(C2NC(=O)C(=O)C2=C(O)c2ccc(Cl)cc2)cc1. The lowest BCUT2D eigenvalue weighted by Gasteiger charge is -2.14. The third-order valence-corrected chi connectivity index (χ3v) is 4.09. The number of amides is 1. The fraction of sp³-hybridized carbons (Fsp3) is 0.111. The number of carbonyl (C=O) groups is 2. The van der Waals surface area contributed by atoms with Crippen LogP contribution in [0.4, 0.5) is 0 Å². The number of halogens is 1. The van der Waals surface area contributed by atoms with E-state index in [1.165, 1.54) is 0 Å². The maximum Gasteiger partial charge on any atom is 0.293 e. The summed E-state index contributed by atoms with van der Waals surface area (Å²) in [4.78, 5) is 24.0. The van der Waals surface area contributed by atoms with E-state index in [2.05, 4.69) is 5.32 Å². The Bertz CT molecular complexity index is 825. The van der Waals surface area contributed by atoms with E-state index in [9.17, 15) is 14.7 Å². The normalized spacial score (nSPS) is 19.2. The monoisotopic (exact) mass is 343 g/mol. The van der Waals surface area contributed by atoms with Crippen LogP contribution in [-0.2, 0) is 9.59 Å². The number of Topliss-reactive ketones (excluding diaryl/α,β-unsaturated/α-hetero) is 1. The molecule has 1 aliphatic heterocycles. The molecule has 24 heavy (non-hydrogen) atoms. The van der Waals surface area contributed by atoms with E-state index in [0.29, 0.717) is 21.9 Å². The zero-order chi connectivity index (χ0) is 17.3. The molecule has 2 aromatic carbocycles. The minimum absolute atomic E-state index is 0.0208. The van der Waals surface area contributed by atoms with Gasteiger partial charge in [-0.3, -0.25) is 9.59 Å². The lowest BCUT2D eigenvalue weighted by molar-refractivity contribution is -0.133. The number of ether oxygens (including phenoxy) is 1. The molecule has 1 heterocycles. The summed E-state index contributed by atoms with van der Waals surface area (Å²) in [6, 6.07) is 12.6. The molecule has 2 aromatic rings. The number of aliphatic hydroxyl groups is 1. The zero-order valence-electron chi connectivity index (χ0n) is 12.7. The van der Waals surface area contributed by atoms with E-state index in [0.717, 1.165) is 0 Å². The molecule has 1 saturated heterocycles. The second kappa shape index (κ2) is 6.37. The van der Waals surface area contributed by atoms with Crippen LogP contribution in [0, 0.1) is 0 Å². The van der Waals surface area contributed by atoms with Crippen molar-refractivity contribution in [2.45, 2.75) is 6.04 Å². The minimum Gasteiger partial charge on any atom is -0.507 e. The number of benzene rings is 2. The summed E-state index contributed by atoms with van der Waals surface area (Å²) in [6.45, 7) is 0. The van der Waals surface area contributed by atoms with Gasteiger partial charge in [-0.15, -0.1) is 0 Å². The van der Waals surface area contributed by atoms with Gasteiger partial charge in [0, 0.05) is 10.6 Å². The van der Waals surface area contributed by atoms with Crippen LogP contribution in [0.5, 0.6) is 5.75 Å². The van der Waals surface area contributed by atoms with Gasteiger partial charge in [0.1, 0.15) is 11.5 Å². The molecule has 0 aliphatic carbocycles. The lowest BCUT2D eigenvalue weighted by Crippen LogP contribution is -2.21. The number of methoxy groups -OCH3 is 1. The summed E-state index contributed by atoms with van der Waals surface area (Å²) in [7, 11) is 1.55. The van der Waals surface area contributed by atoms with Crippen molar-refractivity contribution in [2.75, 3.05) is 7.11 Å². The molecule has 3 rings (SSSR count). The molecule has 0 bridgehead atoms. The molecule has 1 aliphatic rings. The third kappa shape index (κ3) is 2.86. The van der Waals surface area contributed by atoms with Gasteiger partial charge in [-0.25, -0.2) is 0 Å². The number of aliphatic hydroxyl groups excluding tert-OH is 1. The lowest BCUT2D eigenvalue weighted by atomic mass is 9.96. The van der Waals surface area contributed by atoms with E-state index in [1.54, 1.807) is 55.6 Å². The first-order valence-corrected chi connectivity index (χ1v) is 7.57. The Morgan fingerprint density at radius 2 is 1.71 bits per heavy atom. The van der Waals surface area contributed by atoms with Gasteiger partial charge in [0.05, 0.1) is 18.7 Å². The average Bonchev–Trinajstić information content (AvgIpc) is 2.90. The molecule has 0 saturated carbocycles. The Kier molecular flexibility index (Phi) is 4.27. The Morgan fingerprint density at radius 3 is 2.29 bits per heavy atom. The smallest absolute Gasteiger partial charge is 0.293 e. The molecular formula is C18H14ClNO4. The molecule has 5 nitrogen and oxygen atoms in total. The summed E-state index contributed by atoms with van der Waals surface area (Å²) >= 11 is 5.84. The molecule has 1 unspecified atom stereocenters. The van der Waals surface area contributed by atoms with Gasteiger partial charge >= 0.3 is 0 Å². The highest BCUT2D eigenvalue weighted by atomic mass is 35.5. The fourth-order valence-electron chi connectivity index (χ4n) is 2.58. The van der Waals surface area contributed by atoms with Crippen molar-refractivity contribution in [1.29, 1.82) is 0 Å². The van der Waals surface area contributed by atoms with Crippen molar-refractivity contribution >= 4 is 29.1 Å². The maximum absolute atomic E-state index is 12.2. The first-order valence-electron chi connectivity index (χ1n) is 7.19. The summed E-state index contributed by atoms with van der Waals surface area (Å²) in [5.74, 6) is -1.08. The van der Waals surface area contributed by atoms with E-state index < -0.39 is 17.7 Å². The van der Waals surface area contributed by atoms with Crippen LogP contribution < -0.4 is 10.1 Å². The van der Waals surface area contributed by atoms with Gasteiger partial charge in [0.15, 0.2) is 0 Å². The van der Waals surface area contributed by atoms with Crippen LogP contribution in [0.15, 0.2) is 54.1 Å². The molecule has 1 amide bonds. The summed E-state index contributed by atoms with van der Waals surface area (Å²) < 4.78 is 5.10. The zero-order valence-corrected chi connectivity index (χ0v) is 13.5. The highest BCUT2D eigenvalue weighted by Crippen LogP contribution is 2.33. The Hall–Kier alpha value is -2.79. The van der Waals surface area contributed by atoms with Crippen LogP contribution >= 0.6 is 11.6 Å². The fourth-order valence-corrected chi connectivity index (χ4v) is 2.70. The highest BCUT2D eigenvalue weighted by Gasteiger charge is 2.39. The predicted molar refractivity (Wildman–Crippen MR) is 89.9 cm³/mol. The van der Waals surface area contributed by atoms with Crippen LogP contribution in [-0.4, -0.2) is 23.9 Å². The van der Waals surface area contributed by atoms with E-state index >= 15 is 0 Å². The van der Waals surface area contributed by atoms with Crippen molar-refractivity contribution < 1.29 is 19.4 Å². The van der Waals surface area contributed by atoms with Gasteiger partial charge < -0.3 is 15.2 Å². The van der Waals surface area contributed by atoms with E-state index in [4.69, 9.17) is 16.3 Å². The van der Waals surface area contributed by atoms with Crippen molar-refractivity contribution in [3.05, 3.63) is 70.3 Å². The average molecular weight is 344 g/mol. The molecule has 1 atom stereocenters. The molecule has 0 radical (unpaired) electrons. The molecule has 6 heteroatoms. The number of carbonyl (C=O) groups excluding carboxylic acids is 2. The minimum atomic E-state index is -0.747. The third-order valence-electron chi connectivity index (χ3n) is 3.84. The van der Waals surface area contributed by atoms with E-state index in [-0.39, 0.29) is 11.3 Å². The Morgan fingerprint density at radius 1 is 1.08 bits per heavy atom. The molecule has 122 valence electrons. The van der Waals surface area contributed by atoms with Gasteiger partial charge in [-0.05, 0) is 42.0 Å². The Labute approximate surface area is 143 Å². The predicted octanol–water partition coefficient (Wildman–Crippen LogP) is 3.06. The van der Waals surface area contributed by atoms with Crippen LogP contribution in [0.2, 0.25) is 5.02 Å². The largest absolute Gasteiger partial charge is 0.507 e. The van der Waals surface area contributed by atoms with Gasteiger partial charge in [0.25, 0.3) is 11.7 Å². The number of hydrogen-bond acceptors (Lipinski definition) is 4. The molecule has 2 N–H and O–H groups in total. The topological polar surface area (TPSA) is 75.6 Å². The molecule has 1 fully saturated rings. The standard InChI is InChI=1S/C18H14ClNO4/c1-24-13-8-4-10(5-9-13)15-14(17(22)18(23)20-15)16(21)11-2-6-12(19)7-3-11/h2-9,15,21H,1H3,(H,20,23). The summed E-state index contributed by atoms with van der Waals surface area (Å²) in [6.07, 6.45) is 0. The van der Waals surface area contributed by atoms with Crippen LogP contribution in [0.1, 0.15) is 17.2 Å². The van der Waals surface area contributed by atoms with Gasteiger partial charge in [-0.1, -0.05) is 23.7 Å². The maximum atomic E-state index is 12.2. The highest BCUT2D eigenvalue weighted by molar-refractivity contribution is 6.46.